The molecule has 0 aliphatic rings. The van der Waals surface area contributed by atoms with Crippen molar-refractivity contribution in [2.75, 3.05) is 25.6 Å². The van der Waals surface area contributed by atoms with Crippen LogP contribution < -0.4 is 10.6 Å². The SMILES string of the molecule is COCCNC(=O)c1ccccc1NC(=O)CCC(=O)O. The van der Waals surface area contributed by atoms with E-state index in [-0.39, 0.29) is 18.7 Å². The molecular weight excluding hydrogens is 276 g/mol. The van der Waals surface area contributed by atoms with Gasteiger partial charge in [-0.2, -0.15) is 0 Å². The fourth-order valence-electron chi connectivity index (χ4n) is 1.59. The third-order valence-corrected chi connectivity index (χ3v) is 2.60. The Labute approximate surface area is 122 Å². The van der Waals surface area contributed by atoms with Crippen molar-refractivity contribution in [1.29, 1.82) is 0 Å². The third kappa shape index (κ3) is 6.05. The van der Waals surface area contributed by atoms with Crippen LogP contribution >= 0.6 is 0 Å². The number of para-hydroxylation sites is 1. The highest BCUT2D eigenvalue weighted by Crippen LogP contribution is 2.15. The lowest BCUT2D eigenvalue weighted by Gasteiger charge is -2.11. The van der Waals surface area contributed by atoms with Crippen LogP contribution in [-0.2, 0) is 14.3 Å². The van der Waals surface area contributed by atoms with E-state index in [0.717, 1.165) is 0 Å². The number of carbonyl (C=O) groups excluding carboxylic acids is 2. The third-order valence-electron chi connectivity index (χ3n) is 2.60. The molecule has 0 atom stereocenters. The van der Waals surface area contributed by atoms with E-state index in [1.165, 1.54) is 7.11 Å². The summed E-state index contributed by atoms with van der Waals surface area (Å²) < 4.78 is 4.84. The molecule has 1 aromatic rings. The molecule has 114 valence electrons. The van der Waals surface area contributed by atoms with E-state index in [9.17, 15) is 14.4 Å². The van der Waals surface area contributed by atoms with Crippen LogP contribution in [0, 0.1) is 0 Å². The summed E-state index contributed by atoms with van der Waals surface area (Å²) in [6.07, 6.45) is -0.400. The Morgan fingerprint density at radius 2 is 1.90 bits per heavy atom. The molecule has 21 heavy (non-hydrogen) atoms. The fraction of sp³-hybridized carbons (Fsp3) is 0.357. The van der Waals surface area contributed by atoms with Gasteiger partial charge in [0.15, 0.2) is 0 Å². The van der Waals surface area contributed by atoms with E-state index >= 15 is 0 Å². The smallest absolute Gasteiger partial charge is 0.303 e. The largest absolute Gasteiger partial charge is 0.481 e. The van der Waals surface area contributed by atoms with Crippen LogP contribution in [0.5, 0.6) is 0 Å². The van der Waals surface area contributed by atoms with Gasteiger partial charge in [-0.1, -0.05) is 12.1 Å². The van der Waals surface area contributed by atoms with Crippen LogP contribution in [0.15, 0.2) is 24.3 Å². The van der Waals surface area contributed by atoms with Gasteiger partial charge in [-0.25, -0.2) is 0 Å². The van der Waals surface area contributed by atoms with Crippen molar-refractivity contribution in [2.45, 2.75) is 12.8 Å². The van der Waals surface area contributed by atoms with Crippen molar-refractivity contribution in [3.8, 4) is 0 Å². The molecule has 0 saturated heterocycles. The second-order valence-corrected chi connectivity index (χ2v) is 4.24. The monoisotopic (exact) mass is 294 g/mol. The van der Waals surface area contributed by atoms with Crippen molar-refractivity contribution in [3.05, 3.63) is 29.8 Å². The Morgan fingerprint density at radius 1 is 1.19 bits per heavy atom. The minimum Gasteiger partial charge on any atom is -0.481 e. The zero-order chi connectivity index (χ0) is 15.7. The Bertz CT molecular complexity index is 516. The molecule has 0 unspecified atom stereocenters. The molecule has 7 nitrogen and oxygen atoms in total. The highest BCUT2D eigenvalue weighted by molar-refractivity contribution is 6.04. The van der Waals surface area contributed by atoms with Crippen LogP contribution in [0.25, 0.3) is 0 Å². The maximum atomic E-state index is 12.0. The lowest BCUT2D eigenvalue weighted by Crippen LogP contribution is -2.28. The van der Waals surface area contributed by atoms with Gasteiger partial charge in [0.2, 0.25) is 5.91 Å². The molecule has 2 amide bonds. The number of carboxylic acids is 1. The Kier molecular flexibility index (Phi) is 6.90. The predicted molar refractivity (Wildman–Crippen MR) is 76.2 cm³/mol. The van der Waals surface area contributed by atoms with E-state index in [1.807, 2.05) is 0 Å². The van der Waals surface area contributed by atoms with E-state index in [0.29, 0.717) is 24.4 Å². The first-order chi connectivity index (χ1) is 10.0. The highest BCUT2D eigenvalue weighted by Gasteiger charge is 2.13. The van der Waals surface area contributed by atoms with E-state index in [2.05, 4.69) is 10.6 Å². The summed E-state index contributed by atoms with van der Waals surface area (Å²) in [5.41, 5.74) is 0.667. The maximum Gasteiger partial charge on any atom is 0.303 e. The molecule has 0 bridgehead atoms. The molecule has 1 aromatic carbocycles. The Balaban J connectivity index is 2.68. The molecule has 0 fully saturated rings. The second kappa shape index (κ2) is 8.70. The number of nitrogens with one attached hydrogen (secondary N) is 2. The number of amides is 2. The van der Waals surface area contributed by atoms with Crippen LogP contribution in [0.1, 0.15) is 23.2 Å². The fourth-order valence-corrected chi connectivity index (χ4v) is 1.59. The summed E-state index contributed by atoms with van der Waals surface area (Å²) in [4.78, 5) is 34.0. The Morgan fingerprint density at radius 3 is 2.57 bits per heavy atom. The number of benzene rings is 1. The van der Waals surface area contributed by atoms with Gasteiger partial charge >= 0.3 is 5.97 Å². The van der Waals surface area contributed by atoms with E-state index in [1.54, 1.807) is 24.3 Å². The van der Waals surface area contributed by atoms with Gasteiger partial charge in [0, 0.05) is 20.1 Å². The summed E-state index contributed by atoms with van der Waals surface area (Å²) in [5.74, 6) is -1.83. The van der Waals surface area contributed by atoms with Gasteiger partial charge in [-0.05, 0) is 12.1 Å². The number of methoxy groups -OCH3 is 1. The van der Waals surface area contributed by atoms with E-state index in [4.69, 9.17) is 9.84 Å². The van der Waals surface area contributed by atoms with Crippen molar-refractivity contribution in [1.82, 2.24) is 5.32 Å². The summed E-state index contributed by atoms with van der Waals surface area (Å²) in [6, 6.07) is 6.52. The molecule has 0 radical (unpaired) electrons. The molecule has 7 heteroatoms. The number of aliphatic carboxylic acids is 1. The second-order valence-electron chi connectivity index (χ2n) is 4.24. The molecule has 0 aliphatic carbocycles. The van der Waals surface area contributed by atoms with Crippen LogP contribution in [0.3, 0.4) is 0 Å². The van der Waals surface area contributed by atoms with Gasteiger partial charge in [-0.15, -0.1) is 0 Å². The number of anilines is 1. The molecule has 0 heterocycles. The first kappa shape index (κ1) is 16.6. The predicted octanol–water partition coefficient (Wildman–Crippen LogP) is 0.866. The summed E-state index contributed by atoms with van der Waals surface area (Å²) >= 11 is 0. The van der Waals surface area contributed by atoms with Crippen LogP contribution in [-0.4, -0.2) is 43.2 Å². The van der Waals surface area contributed by atoms with Gasteiger partial charge < -0.3 is 20.5 Å². The normalized spacial score (nSPS) is 9.95. The number of carbonyl (C=O) groups is 3. The minimum atomic E-state index is -1.05. The molecule has 3 N–H and O–H groups in total. The van der Waals surface area contributed by atoms with Gasteiger partial charge in [-0.3, -0.25) is 14.4 Å². The van der Waals surface area contributed by atoms with Gasteiger partial charge in [0.25, 0.3) is 5.91 Å². The van der Waals surface area contributed by atoms with Crippen LogP contribution in [0.4, 0.5) is 5.69 Å². The molecule has 1 rings (SSSR count). The van der Waals surface area contributed by atoms with E-state index < -0.39 is 11.9 Å². The topological polar surface area (TPSA) is 105 Å². The number of ether oxygens (including phenoxy) is 1. The highest BCUT2D eigenvalue weighted by atomic mass is 16.5. The molecule has 0 aromatic heterocycles. The van der Waals surface area contributed by atoms with Crippen molar-refractivity contribution < 1.29 is 24.2 Å². The summed E-state index contributed by atoms with van der Waals surface area (Å²) in [7, 11) is 1.53. The minimum absolute atomic E-state index is 0.144. The standard InChI is InChI=1S/C14H18N2O5/c1-21-9-8-15-14(20)10-4-2-3-5-11(10)16-12(17)6-7-13(18)19/h2-5H,6-9H2,1H3,(H,15,20)(H,16,17)(H,18,19). The Hall–Kier alpha value is -2.41. The maximum absolute atomic E-state index is 12.0. The van der Waals surface area contributed by atoms with Crippen molar-refractivity contribution in [3.63, 3.8) is 0 Å². The zero-order valence-electron chi connectivity index (χ0n) is 11.7. The first-order valence-corrected chi connectivity index (χ1v) is 6.42. The summed E-state index contributed by atoms with van der Waals surface area (Å²) in [5, 5.41) is 13.7. The average molecular weight is 294 g/mol. The molecule has 0 spiro atoms. The lowest BCUT2D eigenvalue weighted by molar-refractivity contribution is -0.138. The quantitative estimate of drug-likeness (QED) is 0.617. The molecular formula is C14H18N2O5. The number of hydrogen-bond donors (Lipinski definition) is 3. The first-order valence-electron chi connectivity index (χ1n) is 6.42. The molecule has 0 aliphatic heterocycles. The van der Waals surface area contributed by atoms with Gasteiger partial charge in [0.05, 0.1) is 24.3 Å². The average Bonchev–Trinajstić information content (AvgIpc) is 2.46. The van der Waals surface area contributed by atoms with Crippen LogP contribution in [0.2, 0.25) is 0 Å². The number of rotatable bonds is 8. The number of hydrogen-bond acceptors (Lipinski definition) is 4. The molecule has 0 saturated carbocycles. The van der Waals surface area contributed by atoms with Crippen molar-refractivity contribution in [2.24, 2.45) is 0 Å². The lowest BCUT2D eigenvalue weighted by atomic mass is 10.1. The van der Waals surface area contributed by atoms with Gasteiger partial charge in [0.1, 0.15) is 0 Å². The summed E-state index contributed by atoms with van der Waals surface area (Å²) in [6.45, 7) is 0.746. The zero-order valence-corrected chi connectivity index (χ0v) is 11.7. The number of carboxylic acid groups (broad SMARTS) is 1. The van der Waals surface area contributed by atoms with Crippen molar-refractivity contribution >= 4 is 23.5 Å².